The van der Waals surface area contributed by atoms with Crippen molar-refractivity contribution in [2.45, 2.75) is 50.4 Å². The van der Waals surface area contributed by atoms with Gasteiger partial charge in [-0.25, -0.2) is 0 Å². The van der Waals surface area contributed by atoms with E-state index < -0.39 is 0 Å². The first-order valence-corrected chi connectivity index (χ1v) is 7.33. The summed E-state index contributed by atoms with van der Waals surface area (Å²) in [5, 5.41) is 0. The summed E-state index contributed by atoms with van der Waals surface area (Å²) < 4.78 is 0. The van der Waals surface area contributed by atoms with Crippen LogP contribution in [0.2, 0.25) is 0 Å². The molecule has 94 valence electrons. The fourth-order valence-electron chi connectivity index (χ4n) is 4.96. The van der Waals surface area contributed by atoms with Crippen LogP contribution < -0.4 is 0 Å². The van der Waals surface area contributed by atoms with Crippen LogP contribution in [0.5, 0.6) is 0 Å². The van der Waals surface area contributed by atoms with Crippen molar-refractivity contribution in [3.05, 3.63) is 29.6 Å². The molecule has 1 aromatic heterocycles. The van der Waals surface area contributed by atoms with Gasteiger partial charge in [-0.3, -0.25) is 9.78 Å². The number of Topliss-reactive ketones (excluding diaryl/α,β-unsaturated/α-hetero) is 1. The van der Waals surface area contributed by atoms with E-state index in [9.17, 15) is 4.79 Å². The second-order valence-corrected chi connectivity index (χ2v) is 6.27. The first-order chi connectivity index (χ1) is 8.83. The Balaban J connectivity index is 1.97. The van der Waals surface area contributed by atoms with Crippen molar-refractivity contribution < 1.29 is 4.79 Å². The predicted molar refractivity (Wildman–Crippen MR) is 69.5 cm³/mol. The number of ketones is 1. The first kappa shape index (κ1) is 10.7. The van der Waals surface area contributed by atoms with Gasteiger partial charge in [0.2, 0.25) is 0 Å². The lowest BCUT2D eigenvalue weighted by molar-refractivity contribution is 0.0402. The fourth-order valence-corrected chi connectivity index (χ4v) is 4.96. The van der Waals surface area contributed by atoms with Crippen molar-refractivity contribution in [1.29, 1.82) is 0 Å². The third-order valence-corrected chi connectivity index (χ3v) is 5.64. The Morgan fingerprint density at radius 2 is 2.06 bits per heavy atom. The summed E-state index contributed by atoms with van der Waals surface area (Å²) >= 11 is 0. The van der Waals surface area contributed by atoms with Crippen LogP contribution in [-0.2, 0) is 5.41 Å². The molecule has 0 saturated heterocycles. The lowest BCUT2D eigenvalue weighted by atomic mass is 9.49. The summed E-state index contributed by atoms with van der Waals surface area (Å²) in [6, 6.07) is 4.20. The van der Waals surface area contributed by atoms with Crippen LogP contribution in [0.3, 0.4) is 0 Å². The third kappa shape index (κ3) is 1.19. The molecule has 3 atom stereocenters. The van der Waals surface area contributed by atoms with Crippen molar-refractivity contribution in [3.8, 4) is 0 Å². The van der Waals surface area contributed by atoms with Gasteiger partial charge in [-0.15, -0.1) is 0 Å². The minimum Gasteiger partial charge on any atom is -0.292 e. The highest BCUT2D eigenvalue weighted by Crippen LogP contribution is 2.58. The van der Waals surface area contributed by atoms with Gasteiger partial charge in [-0.2, -0.15) is 0 Å². The standard InChI is InChI=1S/C16H19NO/c18-15-11-5-3-9-16(8-2-1-6-12(11)16)13-7-4-10-17-14(13)15/h4,7,10-12H,1-3,5-6,8-9H2. The normalized spacial score (nSPS) is 37.9. The fraction of sp³-hybridized carbons (Fsp3) is 0.625. The minimum atomic E-state index is 0.279. The van der Waals surface area contributed by atoms with Crippen molar-refractivity contribution in [3.63, 3.8) is 0 Å². The van der Waals surface area contributed by atoms with Crippen LogP contribution in [0.4, 0.5) is 0 Å². The molecule has 3 unspecified atom stereocenters. The molecule has 2 saturated carbocycles. The number of pyridine rings is 1. The van der Waals surface area contributed by atoms with Crippen LogP contribution in [-0.4, -0.2) is 10.8 Å². The van der Waals surface area contributed by atoms with Crippen molar-refractivity contribution in [2.24, 2.45) is 11.8 Å². The molecule has 1 heterocycles. The van der Waals surface area contributed by atoms with Crippen LogP contribution in [0, 0.1) is 11.8 Å². The summed E-state index contributed by atoms with van der Waals surface area (Å²) in [5.74, 6) is 1.23. The molecule has 2 nitrogen and oxygen atoms in total. The van der Waals surface area contributed by atoms with Gasteiger partial charge in [0.25, 0.3) is 0 Å². The predicted octanol–water partition coefficient (Wildman–Crippen LogP) is 3.51. The van der Waals surface area contributed by atoms with Crippen molar-refractivity contribution in [1.82, 2.24) is 4.98 Å². The van der Waals surface area contributed by atoms with Crippen molar-refractivity contribution in [2.75, 3.05) is 0 Å². The number of hydrogen-bond donors (Lipinski definition) is 0. The Hall–Kier alpha value is -1.18. The summed E-state index contributed by atoms with van der Waals surface area (Å²) in [7, 11) is 0. The molecule has 3 aliphatic rings. The molecular weight excluding hydrogens is 222 g/mol. The molecule has 2 bridgehead atoms. The third-order valence-electron chi connectivity index (χ3n) is 5.64. The van der Waals surface area contributed by atoms with Gasteiger partial charge in [-0.1, -0.05) is 25.3 Å². The molecule has 3 aliphatic carbocycles. The number of aromatic nitrogens is 1. The number of rotatable bonds is 0. The maximum Gasteiger partial charge on any atom is 0.184 e. The zero-order chi connectivity index (χ0) is 12.2. The smallest absolute Gasteiger partial charge is 0.184 e. The Morgan fingerprint density at radius 3 is 3.00 bits per heavy atom. The molecule has 2 fully saturated rings. The molecular formula is C16H19NO. The Kier molecular flexibility index (Phi) is 2.18. The maximum absolute atomic E-state index is 12.6. The van der Waals surface area contributed by atoms with Gasteiger partial charge in [-0.05, 0) is 43.2 Å². The zero-order valence-corrected chi connectivity index (χ0v) is 10.7. The average Bonchev–Trinajstić information content (AvgIpc) is 2.45. The molecule has 0 amide bonds. The van der Waals surface area contributed by atoms with E-state index in [4.69, 9.17) is 0 Å². The van der Waals surface area contributed by atoms with E-state index in [1.807, 2.05) is 6.07 Å². The molecule has 2 heteroatoms. The van der Waals surface area contributed by atoms with Crippen molar-refractivity contribution >= 4 is 5.78 Å². The molecule has 0 spiro atoms. The van der Waals surface area contributed by atoms with Gasteiger partial charge in [0.15, 0.2) is 5.78 Å². The number of nitrogens with zero attached hydrogens (tertiary/aromatic N) is 1. The van der Waals surface area contributed by atoms with E-state index >= 15 is 0 Å². The Labute approximate surface area is 108 Å². The summed E-state index contributed by atoms with van der Waals surface area (Å²) in [6.45, 7) is 0. The van der Waals surface area contributed by atoms with E-state index in [-0.39, 0.29) is 5.92 Å². The highest BCUT2D eigenvalue weighted by Gasteiger charge is 2.54. The highest BCUT2D eigenvalue weighted by atomic mass is 16.1. The Morgan fingerprint density at radius 1 is 1.17 bits per heavy atom. The van der Waals surface area contributed by atoms with Crippen LogP contribution in [0.25, 0.3) is 0 Å². The van der Waals surface area contributed by atoms with Gasteiger partial charge < -0.3 is 0 Å². The zero-order valence-electron chi connectivity index (χ0n) is 10.7. The number of carbonyl (C=O) groups is 1. The molecule has 1 aromatic rings. The first-order valence-electron chi connectivity index (χ1n) is 7.33. The van der Waals surface area contributed by atoms with Crippen LogP contribution in [0.1, 0.15) is 61.0 Å². The number of carbonyl (C=O) groups excluding carboxylic acids is 1. The molecule has 0 aliphatic heterocycles. The molecule has 0 radical (unpaired) electrons. The summed E-state index contributed by atoms with van der Waals surface area (Å²) in [6.07, 6.45) is 10.6. The van der Waals surface area contributed by atoms with E-state index in [2.05, 4.69) is 11.1 Å². The van der Waals surface area contributed by atoms with Gasteiger partial charge in [0, 0.05) is 17.5 Å². The van der Waals surface area contributed by atoms with Gasteiger partial charge >= 0.3 is 0 Å². The van der Waals surface area contributed by atoms with E-state index in [1.165, 1.54) is 44.1 Å². The highest BCUT2D eigenvalue weighted by molar-refractivity contribution is 5.99. The lowest BCUT2D eigenvalue weighted by Crippen LogP contribution is -2.52. The molecule has 0 aromatic carbocycles. The SMILES string of the molecule is O=C1c2ncccc2C23CCCCC2C1CCC3. The maximum atomic E-state index is 12.6. The lowest BCUT2D eigenvalue weighted by Gasteiger charge is -2.54. The number of fused-ring (bicyclic) bond motifs is 1. The number of hydrogen-bond acceptors (Lipinski definition) is 2. The summed E-state index contributed by atoms with van der Waals surface area (Å²) in [5.41, 5.74) is 2.40. The van der Waals surface area contributed by atoms with Gasteiger partial charge in [0.05, 0.1) is 0 Å². The Bertz CT molecular complexity index is 506. The second-order valence-electron chi connectivity index (χ2n) is 6.27. The van der Waals surface area contributed by atoms with E-state index in [1.54, 1.807) is 6.20 Å². The quantitative estimate of drug-likeness (QED) is 0.695. The van der Waals surface area contributed by atoms with E-state index in [0.717, 1.165) is 12.1 Å². The monoisotopic (exact) mass is 241 g/mol. The van der Waals surface area contributed by atoms with Crippen LogP contribution >= 0.6 is 0 Å². The molecule has 18 heavy (non-hydrogen) atoms. The topological polar surface area (TPSA) is 30.0 Å². The average molecular weight is 241 g/mol. The van der Waals surface area contributed by atoms with Crippen LogP contribution in [0.15, 0.2) is 18.3 Å². The molecule has 4 rings (SSSR count). The largest absolute Gasteiger partial charge is 0.292 e. The summed E-state index contributed by atoms with van der Waals surface area (Å²) in [4.78, 5) is 17.0. The van der Waals surface area contributed by atoms with E-state index in [0.29, 0.717) is 17.1 Å². The van der Waals surface area contributed by atoms with Gasteiger partial charge in [0.1, 0.15) is 5.69 Å². The second kappa shape index (κ2) is 3.66. The minimum absolute atomic E-state index is 0.279. The molecule has 0 N–H and O–H groups in total.